The first kappa shape index (κ1) is 23.9. The van der Waals surface area contributed by atoms with E-state index in [1.165, 1.54) is 29.2 Å². The van der Waals surface area contributed by atoms with Crippen molar-refractivity contribution in [3.8, 4) is 11.5 Å². The van der Waals surface area contributed by atoms with Gasteiger partial charge in [0.2, 0.25) is 0 Å². The minimum atomic E-state index is -0.333. The van der Waals surface area contributed by atoms with E-state index in [1.54, 1.807) is 35.0 Å². The van der Waals surface area contributed by atoms with E-state index in [0.29, 0.717) is 47.9 Å². The lowest BCUT2D eigenvalue weighted by atomic mass is 10.2. The topological polar surface area (TPSA) is 100 Å². The van der Waals surface area contributed by atoms with Gasteiger partial charge in [-0.3, -0.25) is 14.2 Å². The van der Waals surface area contributed by atoms with Crippen LogP contribution in [0.1, 0.15) is 29.8 Å². The quantitative estimate of drug-likeness (QED) is 0.375. The zero-order valence-corrected chi connectivity index (χ0v) is 19.5. The summed E-state index contributed by atoms with van der Waals surface area (Å²) < 4.78 is 27.3. The van der Waals surface area contributed by atoms with E-state index in [1.807, 2.05) is 13.8 Å². The van der Waals surface area contributed by atoms with Gasteiger partial charge in [-0.25, -0.2) is 14.1 Å². The molecule has 182 valence electrons. The van der Waals surface area contributed by atoms with Gasteiger partial charge in [-0.2, -0.15) is 5.10 Å². The molecule has 2 aromatic carbocycles. The number of ether oxygens (including phenoxy) is 2. The molecule has 0 aliphatic carbocycles. The number of benzene rings is 2. The summed E-state index contributed by atoms with van der Waals surface area (Å²) in [5.41, 5.74) is 1.42. The number of fused-ring (bicyclic) bond motifs is 1. The van der Waals surface area contributed by atoms with Crippen LogP contribution in [0.2, 0.25) is 0 Å². The smallest absolute Gasteiger partial charge is 0.264 e. The molecule has 10 heteroatoms. The number of hydrogen-bond donors (Lipinski definition) is 1. The third-order valence-corrected chi connectivity index (χ3v) is 5.30. The zero-order chi connectivity index (χ0) is 24.8. The Balaban J connectivity index is 1.42. The summed E-state index contributed by atoms with van der Waals surface area (Å²) in [6.07, 6.45) is 2.91. The van der Waals surface area contributed by atoms with Crippen LogP contribution in [0.3, 0.4) is 0 Å². The van der Waals surface area contributed by atoms with E-state index >= 15 is 0 Å². The van der Waals surface area contributed by atoms with Crippen LogP contribution in [0.5, 0.6) is 11.5 Å². The highest BCUT2D eigenvalue weighted by Gasteiger charge is 2.13. The van der Waals surface area contributed by atoms with Gasteiger partial charge in [-0.15, -0.1) is 0 Å². The van der Waals surface area contributed by atoms with Crippen LogP contribution in [0.25, 0.3) is 11.0 Å². The lowest BCUT2D eigenvalue weighted by Gasteiger charge is -2.12. The number of rotatable bonds is 10. The van der Waals surface area contributed by atoms with Crippen molar-refractivity contribution in [3.63, 3.8) is 0 Å². The van der Waals surface area contributed by atoms with E-state index in [-0.39, 0.29) is 30.4 Å². The average molecular weight is 480 g/mol. The second kappa shape index (κ2) is 10.8. The summed E-state index contributed by atoms with van der Waals surface area (Å²) in [4.78, 5) is 29.8. The van der Waals surface area contributed by atoms with Crippen molar-refractivity contribution in [2.24, 2.45) is 0 Å². The Morgan fingerprint density at radius 2 is 1.80 bits per heavy atom. The van der Waals surface area contributed by atoms with Crippen LogP contribution in [-0.4, -0.2) is 45.0 Å². The van der Waals surface area contributed by atoms with Gasteiger partial charge >= 0.3 is 0 Å². The molecule has 0 aliphatic rings. The molecule has 1 N–H and O–H groups in total. The first-order valence-corrected chi connectivity index (χ1v) is 11.3. The van der Waals surface area contributed by atoms with Crippen LogP contribution in [-0.2, 0) is 13.1 Å². The fourth-order valence-electron chi connectivity index (χ4n) is 3.63. The number of carbonyl (C=O) groups excluding carboxylic acids is 1. The molecule has 0 saturated heterocycles. The Hall–Kier alpha value is -4.21. The molecule has 4 rings (SSSR count). The molecule has 4 aromatic rings. The third-order valence-electron chi connectivity index (χ3n) is 5.30. The molecule has 0 radical (unpaired) electrons. The lowest BCUT2D eigenvalue weighted by Crippen LogP contribution is -2.28. The highest BCUT2D eigenvalue weighted by molar-refractivity contribution is 5.94. The van der Waals surface area contributed by atoms with E-state index < -0.39 is 0 Å². The minimum Gasteiger partial charge on any atom is -0.490 e. The van der Waals surface area contributed by atoms with Crippen molar-refractivity contribution >= 4 is 16.9 Å². The van der Waals surface area contributed by atoms with Gasteiger partial charge < -0.3 is 14.8 Å². The van der Waals surface area contributed by atoms with Crippen LogP contribution in [0.15, 0.2) is 59.8 Å². The van der Waals surface area contributed by atoms with Gasteiger partial charge in [0.05, 0.1) is 32.5 Å². The first-order chi connectivity index (χ1) is 17.0. The Morgan fingerprint density at radius 3 is 2.54 bits per heavy atom. The molecule has 0 fully saturated rings. The van der Waals surface area contributed by atoms with Crippen molar-refractivity contribution in [3.05, 3.63) is 82.3 Å². The molecule has 0 saturated carbocycles. The van der Waals surface area contributed by atoms with E-state index in [0.717, 1.165) is 5.56 Å². The van der Waals surface area contributed by atoms with Gasteiger partial charge in [0.15, 0.2) is 17.1 Å². The highest BCUT2D eigenvalue weighted by atomic mass is 19.1. The number of halogens is 1. The van der Waals surface area contributed by atoms with E-state index in [9.17, 15) is 14.0 Å². The summed E-state index contributed by atoms with van der Waals surface area (Å²) in [5, 5.41) is 7.48. The van der Waals surface area contributed by atoms with Crippen molar-refractivity contribution in [1.29, 1.82) is 0 Å². The zero-order valence-electron chi connectivity index (χ0n) is 19.5. The maximum Gasteiger partial charge on any atom is 0.264 e. The largest absolute Gasteiger partial charge is 0.490 e. The predicted octanol–water partition coefficient (Wildman–Crippen LogP) is 3.01. The number of hydrogen-bond acceptors (Lipinski definition) is 6. The summed E-state index contributed by atoms with van der Waals surface area (Å²) in [6, 6.07) is 11.0. The van der Waals surface area contributed by atoms with Crippen molar-refractivity contribution in [2.45, 2.75) is 26.9 Å². The summed E-state index contributed by atoms with van der Waals surface area (Å²) in [7, 11) is 0. The van der Waals surface area contributed by atoms with Crippen molar-refractivity contribution < 1.29 is 18.7 Å². The second-order valence-electron chi connectivity index (χ2n) is 7.69. The molecule has 0 atom stereocenters. The summed E-state index contributed by atoms with van der Waals surface area (Å²) in [5.74, 6) is 0.506. The standard InChI is InChI=1S/C25H26FN5O4/c1-3-34-21-10-7-18(13-22(21)35-4-2)24(32)27-11-12-31-23-20(14-29-31)25(33)30(16-28-23)15-17-5-8-19(26)9-6-17/h5-10,13-14,16H,3-4,11-12,15H2,1-2H3,(H,27,32). The Kier molecular flexibility index (Phi) is 7.39. The molecule has 0 bridgehead atoms. The number of carbonyl (C=O) groups is 1. The fraction of sp³-hybridized carbons (Fsp3) is 0.280. The predicted molar refractivity (Wildman–Crippen MR) is 128 cm³/mol. The molecule has 2 aromatic heterocycles. The van der Waals surface area contributed by atoms with Crippen LogP contribution in [0.4, 0.5) is 4.39 Å². The van der Waals surface area contributed by atoms with Crippen LogP contribution < -0.4 is 20.3 Å². The molecule has 0 unspecified atom stereocenters. The normalized spacial score (nSPS) is 10.9. The second-order valence-corrected chi connectivity index (χ2v) is 7.69. The third kappa shape index (κ3) is 5.48. The van der Waals surface area contributed by atoms with Gasteiger partial charge in [0.25, 0.3) is 11.5 Å². The molecular formula is C25H26FN5O4. The maximum absolute atomic E-state index is 13.1. The fourth-order valence-corrected chi connectivity index (χ4v) is 3.63. The summed E-state index contributed by atoms with van der Waals surface area (Å²) in [6.45, 7) is 5.58. The average Bonchev–Trinajstić information content (AvgIpc) is 3.27. The Labute approximate surface area is 201 Å². The maximum atomic E-state index is 13.1. The van der Waals surface area contributed by atoms with Crippen molar-refractivity contribution in [2.75, 3.05) is 19.8 Å². The lowest BCUT2D eigenvalue weighted by molar-refractivity contribution is 0.0951. The monoisotopic (exact) mass is 479 g/mol. The molecule has 35 heavy (non-hydrogen) atoms. The number of nitrogens with zero attached hydrogens (tertiary/aromatic N) is 4. The molecule has 9 nitrogen and oxygen atoms in total. The van der Waals surface area contributed by atoms with Gasteiger partial charge in [-0.05, 0) is 49.7 Å². The molecule has 0 spiro atoms. The SMILES string of the molecule is CCOc1ccc(C(=O)NCCn2ncc3c(=O)n(Cc4ccc(F)cc4)cnc32)cc1OCC. The molecule has 0 aliphatic heterocycles. The highest BCUT2D eigenvalue weighted by Crippen LogP contribution is 2.28. The van der Waals surface area contributed by atoms with Crippen molar-refractivity contribution in [1.82, 2.24) is 24.6 Å². The number of amides is 1. The molecular weight excluding hydrogens is 453 g/mol. The van der Waals surface area contributed by atoms with Gasteiger partial charge in [0, 0.05) is 12.1 Å². The number of nitrogens with one attached hydrogen (secondary N) is 1. The van der Waals surface area contributed by atoms with Gasteiger partial charge in [-0.1, -0.05) is 12.1 Å². The first-order valence-electron chi connectivity index (χ1n) is 11.3. The van der Waals surface area contributed by atoms with E-state index in [2.05, 4.69) is 15.4 Å². The number of aromatic nitrogens is 4. The van der Waals surface area contributed by atoms with E-state index in [4.69, 9.17) is 9.47 Å². The molecule has 1 amide bonds. The Bertz CT molecular complexity index is 1380. The Morgan fingerprint density at radius 1 is 1.06 bits per heavy atom. The minimum absolute atomic E-state index is 0.243. The van der Waals surface area contributed by atoms with Crippen LogP contribution >= 0.6 is 0 Å². The van der Waals surface area contributed by atoms with Crippen LogP contribution in [0, 0.1) is 5.82 Å². The summed E-state index contributed by atoms with van der Waals surface area (Å²) >= 11 is 0. The van der Waals surface area contributed by atoms with Gasteiger partial charge in [0.1, 0.15) is 17.5 Å². The molecule has 2 heterocycles.